The number of imide groups is 1. The van der Waals surface area contributed by atoms with Crippen LogP contribution in [-0.4, -0.2) is 75.2 Å². The monoisotopic (exact) mass is 437 g/mol. The van der Waals surface area contributed by atoms with Gasteiger partial charge < -0.3 is 19.5 Å². The lowest BCUT2D eigenvalue weighted by Gasteiger charge is -2.28. The minimum absolute atomic E-state index is 0.231. The summed E-state index contributed by atoms with van der Waals surface area (Å²) in [6.07, 6.45) is 0. The number of nitrogens with one attached hydrogen (secondary N) is 1. The quantitative estimate of drug-likeness (QED) is 0.635. The minimum Gasteiger partial charge on any atom is -0.497 e. The first-order valence-corrected chi connectivity index (χ1v) is 10.6. The van der Waals surface area contributed by atoms with Gasteiger partial charge in [0.05, 0.1) is 38.7 Å². The SMILES string of the molecule is COc1ccc(OC)c(NC2=C(c3ccccc3)C(=O)N(CCN3CCOCC3)C2=O)c1. The molecule has 4 rings (SSSR count). The van der Waals surface area contributed by atoms with Gasteiger partial charge in [-0.1, -0.05) is 30.3 Å². The molecule has 1 fully saturated rings. The van der Waals surface area contributed by atoms with Crippen LogP contribution in [0.25, 0.3) is 5.57 Å². The van der Waals surface area contributed by atoms with E-state index in [1.54, 1.807) is 32.4 Å². The summed E-state index contributed by atoms with van der Waals surface area (Å²) in [6, 6.07) is 14.5. The summed E-state index contributed by atoms with van der Waals surface area (Å²) in [7, 11) is 3.12. The molecule has 0 radical (unpaired) electrons. The van der Waals surface area contributed by atoms with E-state index in [0.717, 1.165) is 13.1 Å². The average Bonchev–Trinajstić information content (AvgIpc) is 3.07. The molecule has 2 aromatic rings. The van der Waals surface area contributed by atoms with Gasteiger partial charge in [-0.2, -0.15) is 0 Å². The van der Waals surface area contributed by atoms with Crippen molar-refractivity contribution in [2.45, 2.75) is 0 Å². The van der Waals surface area contributed by atoms with Gasteiger partial charge in [0.2, 0.25) is 0 Å². The van der Waals surface area contributed by atoms with Crippen LogP contribution in [0.3, 0.4) is 0 Å². The first-order valence-electron chi connectivity index (χ1n) is 10.6. The number of carbonyl (C=O) groups is 2. The Kier molecular flexibility index (Phi) is 6.72. The summed E-state index contributed by atoms with van der Waals surface area (Å²) in [5.74, 6) is 0.486. The van der Waals surface area contributed by atoms with Crippen molar-refractivity contribution in [1.29, 1.82) is 0 Å². The molecule has 1 N–H and O–H groups in total. The van der Waals surface area contributed by atoms with Crippen molar-refractivity contribution in [2.24, 2.45) is 0 Å². The number of methoxy groups -OCH3 is 2. The first kappa shape index (κ1) is 21.9. The Morgan fingerprint density at radius 2 is 1.69 bits per heavy atom. The fourth-order valence-electron chi connectivity index (χ4n) is 3.88. The number of rotatable bonds is 8. The average molecular weight is 437 g/mol. The van der Waals surface area contributed by atoms with Crippen molar-refractivity contribution in [2.75, 3.05) is 58.9 Å². The third-order valence-corrected chi connectivity index (χ3v) is 5.64. The number of anilines is 1. The Morgan fingerprint density at radius 3 is 2.38 bits per heavy atom. The summed E-state index contributed by atoms with van der Waals surface area (Å²) in [6.45, 7) is 3.84. The second-order valence-electron chi connectivity index (χ2n) is 7.52. The van der Waals surface area contributed by atoms with Gasteiger partial charge in [-0.25, -0.2) is 0 Å². The van der Waals surface area contributed by atoms with E-state index >= 15 is 0 Å². The lowest BCUT2D eigenvalue weighted by Crippen LogP contribution is -2.43. The molecule has 0 atom stereocenters. The van der Waals surface area contributed by atoms with E-state index in [1.165, 1.54) is 4.90 Å². The Balaban J connectivity index is 1.65. The molecule has 0 bridgehead atoms. The van der Waals surface area contributed by atoms with Gasteiger partial charge in [-0.15, -0.1) is 0 Å². The van der Waals surface area contributed by atoms with Crippen molar-refractivity contribution >= 4 is 23.1 Å². The number of morpholine rings is 1. The standard InChI is InChI=1S/C24H27N3O5/c1-30-18-8-9-20(31-2)19(16-18)25-22-21(17-6-4-3-5-7-17)23(28)27(24(22)29)11-10-26-12-14-32-15-13-26/h3-9,16,25H,10-15H2,1-2H3. The van der Waals surface area contributed by atoms with Crippen LogP contribution in [0.2, 0.25) is 0 Å². The summed E-state index contributed by atoms with van der Waals surface area (Å²) < 4.78 is 16.1. The Bertz CT molecular complexity index is 1020. The van der Waals surface area contributed by atoms with Crippen LogP contribution < -0.4 is 14.8 Å². The van der Waals surface area contributed by atoms with E-state index in [1.807, 2.05) is 30.3 Å². The van der Waals surface area contributed by atoms with Crippen LogP contribution in [0, 0.1) is 0 Å². The van der Waals surface area contributed by atoms with E-state index in [-0.39, 0.29) is 17.5 Å². The fraction of sp³-hybridized carbons (Fsp3) is 0.333. The molecule has 8 heteroatoms. The van der Waals surface area contributed by atoms with Crippen LogP contribution in [0.1, 0.15) is 5.56 Å². The molecule has 0 unspecified atom stereocenters. The molecule has 2 heterocycles. The molecule has 0 spiro atoms. The van der Waals surface area contributed by atoms with Crippen LogP contribution in [0.4, 0.5) is 5.69 Å². The highest BCUT2D eigenvalue weighted by molar-refractivity contribution is 6.36. The molecule has 2 aromatic carbocycles. The highest BCUT2D eigenvalue weighted by atomic mass is 16.5. The number of benzene rings is 2. The molecular formula is C24H27N3O5. The fourth-order valence-corrected chi connectivity index (χ4v) is 3.88. The molecule has 0 aromatic heterocycles. The molecule has 8 nitrogen and oxygen atoms in total. The van der Waals surface area contributed by atoms with Gasteiger partial charge in [-0.3, -0.25) is 19.4 Å². The van der Waals surface area contributed by atoms with Crippen molar-refractivity contribution in [3.63, 3.8) is 0 Å². The largest absolute Gasteiger partial charge is 0.497 e. The number of ether oxygens (including phenoxy) is 3. The third kappa shape index (κ3) is 4.46. The van der Waals surface area contributed by atoms with Gasteiger partial charge in [0.1, 0.15) is 17.2 Å². The van der Waals surface area contributed by atoms with E-state index in [4.69, 9.17) is 14.2 Å². The number of hydrogen-bond donors (Lipinski definition) is 1. The number of amides is 2. The topological polar surface area (TPSA) is 80.3 Å². The third-order valence-electron chi connectivity index (χ3n) is 5.64. The predicted molar refractivity (Wildman–Crippen MR) is 121 cm³/mol. The smallest absolute Gasteiger partial charge is 0.278 e. The zero-order chi connectivity index (χ0) is 22.5. The molecule has 168 valence electrons. The molecule has 32 heavy (non-hydrogen) atoms. The van der Waals surface area contributed by atoms with Gasteiger partial charge in [0.15, 0.2) is 0 Å². The van der Waals surface area contributed by atoms with E-state index in [9.17, 15) is 9.59 Å². The normalized spacial score (nSPS) is 17.1. The highest BCUT2D eigenvalue weighted by Crippen LogP contribution is 2.35. The molecule has 0 aliphatic carbocycles. The number of carbonyl (C=O) groups excluding carboxylic acids is 2. The Hall–Kier alpha value is -3.36. The molecule has 2 amide bonds. The van der Waals surface area contributed by atoms with Crippen LogP contribution in [-0.2, 0) is 14.3 Å². The van der Waals surface area contributed by atoms with E-state index in [0.29, 0.717) is 54.6 Å². The Morgan fingerprint density at radius 1 is 0.938 bits per heavy atom. The van der Waals surface area contributed by atoms with E-state index < -0.39 is 0 Å². The van der Waals surface area contributed by atoms with Crippen molar-refractivity contribution in [1.82, 2.24) is 9.80 Å². The molecule has 1 saturated heterocycles. The Labute approximate surface area is 187 Å². The molecule has 2 aliphatic heterocycles. The summed E-state index contributed by atoms with van der Waals surface area (Å²) >= 11 is 0. The summed E-state index contributed by atoms with van der Waals surface area (Å²) in [4.78, 5) is 30.3. The van der Waals surface area contributed by atoms with Crippen molar-refractivity contribution in [3.05, 3.63) is 59.8 Å². The molecule has 0 saturated carbocycles. The molecule has 2 aliphatic rings. The molecular weight excluding hydrogens is 410 g/mol. The maximum Gasteiger partial charge on any atom is 0.278 e. The maximum atomic E-state index is 13.4. The summed E-state index contributed by atoms with van der Waals surface area (Å²) in [5.41, 5.74) is 1.81. The minimum atomic E-state index is -0.355. The van der Waals surface area contributed by atoms with Crippen LogP contribution >= 0.6 is 0 Å². The second-order valence-corrected chi connectivity index (χ2v) is 7.52. The predicted octanol–water partition coefficient (Wildman–Crippen LogP) is 2.23. The zero-order valence-electron chi connectivity index (χ0n) is 18.3. The van der Waals surface area contributed by atoms with E-state index in [2.05, 4.69) is 10.2 Å². The highest BCUT2D eigenvalue weighted by Gasteiger charge is 2.39. The van der Waals surface area contributed by atoms with Gasteiger partial charge in [-0.05, 0) is 17.7 Å². The lowest BCUT2D eigenvalue weighted by atomic mass is 10.0. The number of hydrogen-bond acceptors (Lipinski definition) is 7. The summed E-state index contributed by atoms with van der Waals surface area (Å²) in [5, 5.41) is 3.16. The van der Waals surface area contributed by atoms with Crippen LogP contribution in [0.15, 0.2) is 54.2 Å². The lowest BCUT2D eigenvalue weighted by molar-refractivity contribution is -0.137. The van der Waals surface area contributed by atoms with Gasteiger partial charge in [0.25, 0.3) is 11.8 Å². The van der Waals surface area contributed by atoms with Crippen molar-refractivity contribution in [3.8, 4) is 11.5 Å². The van der Waals surface area contributed by atoms with Gasteiger partial charge >= 0.3 is 0 Å². The van der Waals surface area contributed by atoms with Crippen LogP contribution in [0.5, 0.6) is 11.5 Å². The number of nitrogens with zero attached hydrogens (tertiary/aromatic N) is 2. The second kappa shape index (κ2) is 9.84. The maximum absolute atomic E-state index is 13.4. The van der Waals surface area contributed by atoms with Crippen molar-refractivity contribution < 1.29 is 23.8 Å². The first-order chi connectivity index (χ1) is 15.6. The zero-order valence-corrected chi connectivity index (χ0v) is 18.3. The van der Waals surface area contributed by atoms with Gasteiger partial charge in [0, 0.05) is 32.2 Å².